The first kappa shape index (κ1) is 12.1. The zero-order chi connectivity index (χ0) is 12.3. The molecule has 0 aromatic carbocycles. The molecule has 17 heavy (non-hydrogen) atoms. The van der Waals surface area contributed by atoms with Crippen molar-refractivity contribution in [2.24, 2.45) is 5.73 Å². The molecule has 1 aliphatic rings. The second-order valence-electron chi connectivity index (χ2n) is 3.99. The van der Waals surface area contributed by atoms with Gasteiger partial charge in [-0.05, 0) is 6.92 Å². The van der Waals surface area contributed by atoms with Gasteiger partial charge in [-0.3, -0.25) is 0 Å². The lowest BCUT2D eigenvalue weighted by Gasteiger charge is -2.36. The van der Waals surface area contributed by atoms with E-state index in [1.807, 2.05) is 6.92 Å². The second-order valence-corrected chi connectivity index (χ2v) is 3.99. The summed E-state index contributed by atoms with van der Waals surface area (Å²) in [4.78, 5) is 10.6. The van der Waals surface area contributed by atoms with Crippen LogP contribution in [0.1, 0.15) is 5.56 Å². The molecule has 0 bridgehead atoms. The van der Waals surface area contributed by atoms with Crippen LogP contribution in [-0.4, -0.2) is 49.4 Å². The molecule has 94 valence electrons. The molecule has 0 radical (unpaired) electrons. The zero-order valence-electron chi connectivity index (χ0n) is 10.2. The summed E-state index contributed by atoms with van der Waals surface area (Å²) in [6.07, 6.45) is 1.52. The van der Waals surface area contributed by atoms with Crippen molar-refractivity contribution in [1.82, 2.24) is 9.97 Å². The number of anilines is 1. The van der Waals surface area contributed by atoms with Crippen molar-refractivity contribution in [3.8, 4) is 5.88 Å². The second kappa shape index (κ2) is 5.29. The van der Waals surface area contributed by atoms with Gasteiger partial charge in [0, 0.05) is 13.1 Å². The van der Waals surface area contributed by atoms with Gasteiger partial charge in [-0.2, -0.15) is 0 Å². The van der Waals surface area contributed by atoms with Gasteiger partial charge in [0.25, 0.3) is 0 Å². The monoisotopic (exact) mass is 238 g/mol. The average molecular weight is 238 g/mol. The molecular weight excluding hydrogens is 220 g/mol. The molecule has 1 aromatic heterocycles. The molecule has 0 aliphatic carbocycles. The lowest BCUT2D eigenvalue weighted by Crippen LogP contribution is -2.50. The summed E-state index contributed by atoms with van der Waals surface area (Å²) < 4.78 is 10.6. The van der Waals surface area contributed by atoms with Crippen LogP contribution in [-0.2, 0) is 4.74 Å². The molecule has 1 fully saturated rings. The first-order valence-corrected chi connectivity index (χ1v) is 5.68. The molecule has 1 atom stereocenters. The van der Waals surface area contributed by atoms with Crippen LogP contribution in [0.4, 0.5) is 5.82 Å². The first-order chi connectivity index (χ1) is 8.27. The van der Waals surface area contributed by atoms with Crippen LogP contribution in [0.15, 0.2) is 6.33 Å². The van der Waals surface area contributed by atoms with Crippen LogP contribution in [0.25, 0.3) is 0 Å². The van der Waals surface area contributed by atoms with Crippen LogP contribution in [0.3, 0.4) is 0 Å². The fourth-order valence-corrected chi connectivity index (χ4v) is 2.05. The number of methoxy groups -OCH3 is 1. The Balaban J connectivity index is 2.31. The van der Waals surface area contributed by atoms with Gasteiger partial charge in [-0.15, -0.1) is 0 Å². The van der Waals surface area contributed by atoms with Gasteiger partial charge in [0.05, 0.1) is 31.9 Å². The highest BCUT2D eigenvalue weighted by Crippen LogP contribution is 2.25. The van der Waals surface area contributed by atoms with Crippen LogP contribution in [0, 0.1) is 6.92 Å². The van der Waals surface area contributed by atoms with Gasteiger partial charge in [0.2, 0.25) is 5.88 Å². The van der Waals surface area contributed by atoms with Crippen molar-refractivity contribution >= 4 is 5.82 Å². The van der Waals surface area contributed by atoms with Crippen molar-refractivity contribution in [3.63, 3.8) is 0 Å². The van der Waals surface area contributed by atoms with E-state index in [4.69, 9.17) is 15.2 Å². The minimum absolute atomic E-state index is 0.169. The predicted octanol–water partition coefficient (Wildman–Crippen LogP) is -0.0425. The summed E-state index contributed by atoms with van der Waals surface area (Å²) in [5, 5.41) is 0. The van der Waals surface area contributed by atoms with E-state index in [1.165, 1.54) is 6.33 Å². The predicted molar refractivity (Wildman–Crippen MR) is 64.3 cm³/mol. The van der Waals surface area contributed by atoms with Gasteiger partial charge in [-0.1, -0.05) is 0 Å². The summed E-state index contributed by atoms with van der Waals surface area (Å²) in [5.41, 5.74) is 6.70. The topological polar surface area (TPSA) is 73.5 Å². The van der Waals surface area contributed by atoms with Crippen LogP contribution < -0.4 is 15.4 Å². The number of rotatable bonds is 3. The smallest absolute Gasteiger partial charge is 0.221 e. The molecule has 1 saturated heterocycles. The molecule has 2 heterocycles. The standard InChI is InChI=1S/C11H18N4O2/c1-8-10(13-7-14-11(8)16-2)15-3-4-17-6-9(15)5-12/h7,9H,3-6,12H2,1-2H3. The van der Waals surface area contributed by atoms with E-state index in [0.717, 1.165) is 17.9 Å². The van der Waals surface area contributed by atoms with E-state index in [2.05, 4.69) is 14.9 Å². The fraction of sp³-hybridized carbons (Fsp3) is 0.636. The van der Waals surface area contributed by atoms with Crippen molar-refractivity contribution in [2.45, 2.75) is 13.0 Å². The molecule has 2 N–H and O–H groups in total. The van der Waals surface area contributed by atoms with Gasteiger partial charge in [0.15, 0.2) is 0 Å². The number of morpholine rings is 1. The van der Waals surface area contributed by atoms with Gasteiger partial charge < -0.3 is 20.1 Å². The number of nitrogens with two attached hydrogens (primary N) is 1. The largest absolute Gasteiger partial charge is 0.481 e. The van der Waals surface area contributed by atoms with Crippen molar-refractivity contribution in [3.05, 3.63) is 11.9 Å². The van der Waals surface area contributed by atoms with E-state index in [9.17, 15) is 0 Å². The summed E-state index contributed by atoms with van der Waals surface area (Å²) in [6, 6.07) is 0.169. The number of aromatic nitrogens is 2. The summed E-state index contributed by atoms with van der Waals surface area (Å²) in [7, 11) is 1.61. The number of ether oxygens (including phenoxy) is 2. The fourth-order valence-electron chi connectivity index (χ4n) is 2.05. The molecule has 0 spiro atoms. The quantitative estimate of drug-likeness (QED) is 0.796. The summed E-state index contributed by atoms with van der Waals surface area (Å²) >= 11 is 0. The summed E-state index contributed by atoms with van der Waals surface area (Å²) in [6.45, 7) is 4.64. The van der Waals surface area contributed by atoms with Gasteiger partial charge in [0.1, 0.15) is 12.1 Å². The highest BCUT2D eigenvalue weighted by atomic mass is 16.5. The van der Waals surface area contributed by atoms with Crippen molar-refractivity contribution in [2.75, 3.05) is 38.3 Å². The van der Waals surface area contributed by atoms with Crippen LogP contribution in [0.2, 0.25) is 0 Å². The normalized spacial score (nSPS) is 20.4. The Morgan fingerprint density at radius 1 is 1.59 bits per heavy atom. The Bertz CT molecular complexity index is 386. The average Bonchev–Trinajstić information content (AvgIpc) is 2.39. The SMILES string of the molecule is COc1ncnc(N2CCOCC2CN)c1C. The highest BCUT2D eigenvalue weighted by Gasteiger charge is 2.25. The molecular formula is C11H18N4O2. The Morgan fingerprint density at radius 2 is 2.41 bits per heavy atom. The van der Waals surface area contributed by atoms with Gasteiger partial charge >= 0.3 is 0 Å². The Hall–Kier alpha value is -1.40. The number of hydrogen-bond acceptors (Lipinski definition) is 6. The Kier molecular flexibility index (Phi) is 3.75. The van der Waals surface area contributed by atoms with E-state index in [1.54, 1.807) is 7.11 Å². The molecule has 2 rings (SSSR count). The first-order valence-electron chi connectivity index (χ1n) is 5.68. The minimum atomic E-state index is 0.169. The summed E-state index contributed by atoms with van der Waals surface area (Å²) in [5.74, 6) is 1.49. The zero-order valence-corrected chi connectivity index (χ0v) is 10.2. The Morgan fingerprint density at radius 3 is 3.12 bits per heavy atom. The molecule has 1 aliphatic heterocycles. The van der Waals surface area contributed by atoms with E-state index in [0.29, 0.717) is 25.6 Å². The molecule has 0 saturated carbocycles. The van der Waals surface area contributed by atoms with Crippen LogP contribution in [0.5, 0.6) is 5.88 Å². The van der Waals surface area contributed by atoms with Gasteiger partial charge in [-0.25, -0.2) is 9.97 Å². The van der Waals surface area contributed by atoms with Crippen LogP contribution >= 0.6 is 0 Å². The van der Waals surface area contributed by atoms with Crippen molar-refractivity contribution < 1.29 is 9.47 Å². The lowest BCUT2D eigenvalue weighted by molar-refractivity contribution is 0.0957. The Labute approximate surface area is 101 Å². The highest BCUT2D eigenvalue weighted by molar-refractivity contribution is 5.51. The van der Waals surface area contributed by atoms with E-state index >= 15 is 0 Å². The maximum absolute atomic E-state index is 5.76. The molecule has 0 amide bonds. The van der Waals surface area contributed by atoms with E-state index in [-0.39, 0.29) is 6.04 Å². The molecule has 6 heteroatoms. The maximum atomic E-state index is 5.76. The van der Waals surface area contributed by atoms with Crippen molar-refractivity contribution in [1.29, 1.82) is 0 Å². The lowest BCUT2D eigenvalue weighted by atomic mass is 10.2. The van der Waals surface area contributed by atoms with E-state index < -0.39 is 0 Å². The third-order valence-electron chi connectivity index (χ3n) is 2.98. The number of nitrogens with zero attached hydrogens (tertiary/aromatic N) is 3. The molecule has 6 nitrogen and oxygen atoms in total. The minimum Gasteiger partial charge on any atom is -0.481 e. The third-order valence-corrected chi connectivity index (χ3v) is 2.98. The molecule has 1 aromatic rings. The number of hydrogen-bond donors (Lipinski definition) is 1. The molecule has 1 unspecified atom stereocenters. The maximum Gasteiger partial charge on any atom is 0.221 e. The third kappa shape index (κ3) is 2.32.